The topological polar surface area (TPSA) is 70.1 Å². The zero-order valence-corrected chi connectivity index (χ0v) is 17.3. The maximum Gasteiger partial charge on any atom is 0.290 e. The highest BCUT2D eigenvalue weighted by Crippen LogP contribution is 2.43. The molecule has 1 aromatic rings. The molecule has 1 atom stereocenters. The van der Waals surface area contributed by atoms with Gasteiger partial charge in [-0.1, -0.05) is 12.1 Å². The van der Waals surface area contributed by atoms with Crippen LogP contribution in [0.5, 0.6) is 5.75 Å². The number of nitrogens with zero attached hydrogens (tertiary/aromatic N) is 2. The Balaban J connectivity index is 1.61. The van der Waals surface area contributed by atoms with E-state index in [-0.39, 0.29) is 29.1 Å². The second-order valence-electron chi connectivity index (χ2n) is 8.59. The number of ketones is 1. The lowest BCUT2D eigenvalue weighted by atomic mass is 9.94. The van der Waals surface area contributed by atoms with Gasteiger partial charge in [0.05, 0.1) is 17.7 Å². The van der Waals surface area contributed by atoms with Gasteiger partial charge in [-0.05, 0) is 70.3 Å². The molecule has 156 valence electrons. The number of carbonyl (C=O) groups is 2. The van der Waals surface area contributed by atoms with E-state index in [1.54, 1.807) is 4.90 Å². The van der Waals surface area contributed by atoms with Crippen LogP contribution in [-0.4, -0.2) is 58.9 Å². The summed E-state index contributed by atoms with van der Waals surface area (Å²) in [6.45, 7) is 7.28. The molecule has 0 aromatic heterocycles. The van der Waals surface area contributed by atoms with Crippen LogP contribution in [0.2, 0.25) is 0 Å². The van der Waals surface area contributed by atoms with Crippen molar-refractivity contribution in [2.45, 2.75) is 51.7 Å². The maximum atomic E-state index is 12.9. The first kappa shape index (κ1) is 20.0. The minimum absolute atomic E-state index is 0.0514. The van der Waals surface area contributed by atoms with Gasteiger partial charge in [0.15, 0.2) is 11.5 Å². The number of rotatable bonds is 8. The number of hydrogen-bond acceptors (Lipinski definition) is 5. The number of aliphatic hydroxyl groups is 1. The summed E-state index contributed by atoms with van der Waals surface area (Å²) >= 11 is 0. The number of hydrogen-bond donors (Lipinski definition) is 1. The summed E-state index contributed by atoms with van der Waals surface area (Å²) in [5, 5.41) is 10.6. The number of benzene rings is 1. The Morgan fingerprint density at radius 1 is 1.14 bits per heavy atom. The maximum absolute atomic E-state index is 12.9. The number of amides is 1. The minimum Gasteiger partial charge on any atom is -0.503 e. The summed E-state index contributed by atoms with van der Waals surface area (Å²) in [7, 11) is 0. The molecule has 1 N–H and O–H groups in total. The van der Waals surface area contributed by atoms with Crippen molar-refractivity contribution < 1.29 is 19.4 Å². The molecule has 0 radical (unpaired) electrons. The van der Waals surface area contributed by atoms with Crippen molar-refractivity contribution in [2.75, 3.05) is 26.2 Å². The fraction of sp³-hybridized carbons (Fsp3) is 0.565. The van der Waals surface area contributed by atoms with E-state index < -0.39 is 11.9 Å². The first-order valence-corrected chi connectivity index (χ1v) is 10.7. The van der Waals surface area contributed by atoms with Crippen LogP contribution in [0, 0.1) is 5.92 Å². The molecule has 1 saturated heterocycles. The van der Waals surface area contributed by atoms with Gasteiger partial charge in [0.1, 0.15) is 5.75 Å². The Bertz CT molecular complexity index is 805. The fourth-order valence-corrected chi connectivity index (χ4v) is 4.30. The van der Waals surface area contributed by atoms with Gasteiger partial charge in [-0.15, -0.1) is 0 Å². The Morgan fingerprint density at radius 2 is 1.79 bits per heavy atom. The molecule has 1 saturated carbocycles. The third-order valence-electron chi connectivity index (χ3n) is 5.94. The van der Waals surface area contributed by atoms with Gasteiger partial charge < -0.3 is 19.6 Å². The van der Waals surface area contributed by atoms with Crippen molar-refractivity contribution in [3.63, 3.8) is 0 Å². The van der Waals surface area contributed by atoms with E-state index in [9.17, 15) is 14.7 Å². The first-order valence-electron chi connectivity index (χ1n) is 10.7. The van der Waals surface area contributed by atoms with Crippen molar-refractivity contribution in [1.82, 2.24) is 9.80 Å². The minimum atomic E-state index is -0.522. The Kier molecular flexibility index (Phi) is 5.63. The van der Waals surface area contributed by atoms with E-state index in [2.05, 4.69) is 4.90 Å². The van der Waals surface area contributed by atoms with Crippen LogP contribution in [0.25, 0.3) is 0 Å². The molecule has 1 aliphatic carbocycles. The van der Waals surface area contributed by atoms with E-state index in [0.717, 1.165) is 43.8 Å². The standard InChI is InChI=1S/C23H30N2O4/c1-15(2)29-18-9-7-16(8-10-18)20-19(21(26)17-5-6-17)22(27)23(28)25(20)14-13-24-11-3-4-12-24/h7-10,15,17,20,27H,3-6,11-14H2,1-2H3. The third kappa shape index (κ3) is 4.17. The second-order valence-corrected chi connectivity index (χ2v) is 8.59. The predicted octanol–water partition coefficient (Wildman–Crippen LogP) is 3.24. The van der Waals surface area contributed by atoms with Gasteiger partial charge in [-0.25, -0.2) is 0 Å². The lowest BCUT2D eigenvalue weighted by Crippen LogP contribution is -2.38. The van der Waals surface area contributed by atoms with Crippen LogP contribution >= 0.6 is 0 Å². The summed E-state index contributed by atoms with van der Waals surface area (Å²) in [5.74, 6) is -0.173. The molecule has 29 heavy (non-hydrogen) atoms. The van der Waals surface area contributed by atoms with Gasteiger partial charge in [0.25, 0.3) is 5.91 Å². The second kappa shape index (κ2) is 8.19. The molecule has 0 spiro atoms. The highest BCUT2D eigenvalue weighted by atomic mass is 16.5. The predicted molar refractivity (Wildman–Crippen MR) is 110 cm³/mol. The molecule has 3 aliphatic rings. The van der Waals surface area contributed by atoms with Crippen molar-refractivity contribution in [2.24, 2.45) is 5.92 Å². The summed E-state index contributed by atoms with van der Waals surface area (Å²) in [4.78, 5) is 29.8. The molecule has 1 aromatic carbocycles. The fourth-order valence-electron chi connectivity index (χ4n) is 4.30. The average molecular weight is 399 g/mol. The van der Waals surface area contributed by atoms with Crippen LogP contribution in [0.1, 0.15) is 51.1 Å². The van der Waals surface area contributed by atoms with Gasteiger partial charge in [0.2, 0.25) is 0 Å². The van der Waals surface area contributed by atoms with E-state index in [1.165, 1.54) is 12.8 Å². The number of Topliss-reactive ketones (excluding diaryl/α,β-unsaturated/α-hetero) is 1. The zero-order valence-electron chi connectivity index (χ0n) is 17.3. The SMILES string of the molecule is CC(C)Oc1ccc(C2C(C(=O)C3CC3)=C(O)C(=O)N2CCN2CCCC2)cc1. The van der Waals surface area contributed by atoms with Crippen LogP contribution in [0.4, 0.5) is 0 Å². The van der Waals surface area contributed by atoms with Gasteiger partial charge in [0, 0.05) is 19.0 Å². The van der Waals surface area contributed by atoms with Crippen molar-refractivity contribution in [3.8, 4) is 5.75 Å². The summed E-state index contributed by atoms with van der Waals surface area (Å²) < 4.78 is 5.72. The zero-order chi connectivity index (χ0) is 20.5. The highest BCUT2D eigenvalue weighted by molar-refractivity contribution is 6.10. The molecule has 4 rings (SSSR count). The van der Waals surface area contributed by atoms with E-state index in [1.807, 2.05) is 38.1 Å². The molecule has 1 unspecified atom stereocenters. The van der Waals surface area contributed by atoms with Crippen molar-refractivity contribution >= 4 is 11.7 Å². The quantitative estimate of drug-likeness (QED) is 0.728. The van der Waals surface area contributed by atoms with Gasteiger partial charge in [-0.3, -0.25) is 9.59 Å². The van der Waals surface area contributed by atoms with E-state index in [4.69, 9.17) is 4.74 Å². The molecule has 6 nitrogen and oxygen atoms in total. The smallest absolute Gasteiger partial charge is 0.290 e. The normalized spacial score (nSPS) is 22.8. The van der Waals surface area contributed by atoms with Gasteiger partial charge >= 0.3 is 0 Å². The number of likely N-dealkylation sites (tertiary alicyclic amines) is 1. The highest BCUT2D eigenvalue weighted by Gasteiger charge is 2.46. The number of aliphatic hydroxyl groups excluding tert-OH is 1. The summed E-state index contributed by atoms with van der Waals surface area (Å²) in [6.07, 6.45) is 4.12. The van der Waals surface area contributed by atoms with Crippen molar-refractivity contribution in [3.05, 3.63) is 41.2 Å². The molecule has 6 heteroatoms. The Hall–Kier alpha value is -2.34. The molecule has 2 heterocycles. The lowest BCUT2D eigenvalue weighted by molar-refractivity contribution is -0.129. The van der Waals surface area contributed by atoms with Crippen LogP contribution < -0.4 is 4.74 Å². The van der Waals surface area contributed by atoms with E-state index in [0.29, 0.717) is 6.54 Å². The van der Waals surface area contributed by atoms with Crippen LogP contribution in [0.3, 0.4) is 0 Å². The lowest BCUT2D eigenvalue weighted by Gasteiger charge is -2.29. The van der Waals surface area contributed by atoms with Crippen LogP contribution in [-0.2, 0) is 9.59 Å². The first-order chi connectivity index (χ1) is 14.0. The van der Waals surface area contributed by atoms with Crippen molar-refractivity contribution in [1.29, 1.82) is 0 Å². The monoisotopic (exact) mass is 398 g/mol. The Morgan fingerprint density at radius 3 is 2.38 bits per heavy atom. The largest absolute Gasteiger partial charge is 0.503 e. The molecule has 2 fully saturated rings. The van der Waals surface area contributed by atoms with E-state index >= 15 is 0 Å². The Labute approximate surface area is 172 Å². The third-order valence-corrected chi connectivity index (χ3v) is 5.94. The molecule has 2 aliphatic heterocycles. The molecular formula is C23H30N2O4. The summed E-state index contributed by atoms with van der Waals surface area (Å²) in [6, 6.07) is 7.01. The molecule has 1 amide bonds. The van der Waals surface area contributed by atoms with Crippen LogP contribution in [0.15, 0.2) is 35.6 Å². The molecular weight excluding hydrogens is 368 g/mol. The summed E-state index contributed by atoms with van der Waals surface area (Å²) in [5.41, 5.74) is 1.11. The average Bonchev–Trinajstić information content (AvgIpc) is 3.36. The van der Waals surface area contributed by atoms with Gasteiger partial charge in [-0.2, -0.15) is 0 Å². The molecule has 0 bridgehead atoms. The number of ether oxygens (including phenoxy) is 1. The number of carbonyl (C=O) groups excluding carboxylic acids is 2.